The molecule has 0 saturated carbocycles. The van der Waals surface area contributed by atoms with Crippen LogP contribution in [0.15, 0.2) is 66.2 Å². The topological polar surface area (TPSA) is 71.3 Å². The molecule has 0 aliphatic heterocycles. The largest absolute Gasteiger partial charge is 0.493 e. The first-order chi connectivity index (χ1) is 15.4. The first-order valence-corrected chi connectivity index (χ1v) is 10.4. The fourth-order valence-electron chi connectivity index (χ4n) is 2.88. The van der Waals surface area contributed by atoms with Crippen LogP contribution in [0.1, 0.15) is 16.7 Å². The Morgan fingerprint density at radius 3 is 2.53 bits per heavy atom. The number of halogens is 2. The molecule has 162 valence electrons. The molecule has 0 heterocycles. The highest BCUT2D eigenvalue weighted by Crippen LogP contribution is 2.37. The zero-order valence-electron chi connectivity index (χ0n) is 17.5. The van der Waals surface area contributed by atoms with Gasteiger partial charge < -0.3 is 14.8 Å². The minimum absolute atomic E-state index is 0.101. The van der Waals surface area contributed by atoms with Crippen molar-refractivity contribution in [1.29, 1.82) is 5.26 Å². The third-order valence-corrected chi connectivity index (χ3v) is 5.03. The van der Waals surface area contributed by atoms with E-state index in [0.29, 0.717) is 39.4 Å². The molecule has 0 fully saturated rings. The third kappa shape index (κ3) is 6.04. The number of rotatable bonds is 7. The molecule has 0 aliphatic rings. The maximum absolute atomic E-state index is 12.5. The molecule has 0 radical (unpaired) electrons. The number of hydrogen-bond donors (Lipinski definition) is 1. The molecule has 1 amide bonds. The summed E-state index contributed by atoms with van der Waals surface area (Å²) in [4.78, 5) is 12.5. The van der Waals surface area contributed by atoms with Crippen LogP contribution in [0, 0.1) is 18.3 Å². The Hall–Kier alpha value is -3.46. The van der Waals surface area contributed by atoms with Crippen molar-refractivity contribution in [3.8, 4) is 17.6 Å². The van der Waals surface area contributed by atoms with Crippen molar-refractivity contribution in [1.82, 2.24) is 0 Å². The standard InChI is InChI=1S/C25H20Cl2N2O3/c1-16-6-8-17(9-7-16)15-32-24-22(27)11-18(12-23(24)31-2)10-19(14-28)25(30)29-21-5-3-4-20(26)13-21/h3-13H,15H2,1-2H3,(H,29,30)/b19-10+. The number of amides is 1. The summed E-state index contributed by atoms with van der Waals surface area (Å²) in [6, 6.07) is 19.8. The zero-order chi connectivity index (χ0) is 23.1. The summed E-state index contributed by atoms with van der Waals surface area (Å²) in [5, 5.41) is 12.9. The van der Waals surface area contributed by atoms with Crippen LogP contribution in [0.25, 0.3) is 6.08 Å². The van der Waals surface area contributed by atoms with Gasteiger partial charge in [-0.25, -0.2) is 0 Å². The van der Waals surface area contributed by atoms with Crippen molar-refractivity contribution >= 4 is 40.9 Å². The second-order valence-electron chi connectivity index (χ2n) is 6.94. The third-order valence-electron chi connectivity index (χ3n) is 4.51. The van der Waals surface area contributed by atoms with Crippen LogP contribution in [0.2, 0.25) is 10.0 Å². The van der Waals surface area contributed by atoms with Gasteiger partial charge in [0.2, 0.25) is 0 Å². The number of nitriles is 1. The number of nitrogens with one attached hydrogen (secondary N) is 1. The number of nitrogens with zero attached hydrogens (tertiary/aromatic N) is 1. The Kier molecular flexibility index (Phi) is 7.77. The van der Waals surface area contributed by atoms with Crippen molar-refractivity contribution in [3.63, 3.8) is 0 Å². The van der Waals surface area contributed by atoms with Gasteiger partial charge in [-0.15, -0.1) is 0 Å². The van der Waals surface area contributed by atoms with Gasteiger partial charge in [-0.2, -0.15) is 5.26 Å². The van der Waals surface area contributed by atoms with E-state index < -0.39 is 5.91 Å². The lowest BCUT2D eigenvalue weighted by atomic mass is 10.1. The first kappa shape index (κ1) is 23.2. The summed E-state index contributed by atoms with van der Waals surface area (Å²) in [7, 11) is 1.49. The van der Waals surface area contributed by atoms with Gasteiger partial charge in [0, 0.05) is 10.7 Å². The molecule has 0 bridgehead atoms. The van der Waals surface area contributed by atoms with Gasteiger partial charge in [-0.3, -0.25) is 4.79 Å². The van der Waals surface area contributed by atoms with E-state index in [-0.39, 0.29) is 5.57 Å². The second-order valence-corrected chi connectivity index (χ2v) is 7.79. The monoisotopic (exact) mass is 466 g/mol. The van der Waals surface area contributed by atoms with E-state index in [4.69, 9.17) is 32.7 Å². The van der Waals surface area contributed by atoms with E-state index in [1.807, 2.05) is 37.3 Å². The summed E-state index contributed by atoms with van der Waals surface area (Å²) < 4.78 is 11.3. The molecular formula is C25H20Cl2N2O3. The average Bonchev–Trinajstić information content (AvgIpc) is 2.77. The molecule has 7 heteroatoms. The van der Waals surface area contributed by atoms with E-state index in [2.05, 4.69) is 5.32 Å². The number of methoxy groups -OCH3 is 1. The summed E-state index contributed by atoms with van der Waals surface area (Å²) in [6.45, 7) is 2.33. The number of carbonyl (C=O) groups excluding carboxylic acids is 1. The lowest BCUT2D eigenvalue weighted by molar-refractivity contribution is -0.112. The van der Waals surface area contributed by atoms with Crippen LogP contribution >= 0.6 is 23.2 Å². The van der Waals surface area contributed by atoms with Crippen LogP contribution in [-0.2, 0) is 11.4 Å². The van der Waals surface area contributed by atoms with Crippen molar-refractivity contribution < 1.29 is 14.3 Å². The molecule has 0 saturated heterocycles. The van der Waals surface area contributed by atoms with Gasteiger partial charge in [0.25, 0.3) is 5.91 Å². The van der Waals surface area contributed by atoms with Gasteiger partial charge in [0.15, 0.2) is 11.5 Å². The van der Waals surface area contributed by atoms with Crippen LogP contribution in [0.4, 0.5) is 5.69 Å². The highest BCUT2D eigenvalue weighted by Gasteiger charge is 2.15. The van der Waals surface area contributed by atoms with E-state index in [9.17, 15) is 10.1 Å². The van der Waals surface area contributed by atoms with Crippen molar-refractivity contribution in [3.05, 3.63) is 93.0 Å². The summed E-state index contributed by atoms with van der Waals surface area (Å²) >= 11 is 12.4. The summed E-state index contributed by atoms with van der Waals surface area (Å²) in [6.07, 6.45) is 1.43. The molecular weight excluding hydrogens is 447 g/mol. The number of aryl methyl sites for hydroxylation is 1. The minimum atomic E-state index is -0.565. The van der Waals surface area contributed by atoms with Crippen molar-refractivity contribution in [2.75, 3.05) is 12.4 Å². The van der Waals surface area contributed by atoms with E-state index in [1.54, 1.807) is 36.4 Å². The van der Waals surface area contributed by atoms with Crippen LogP contribution < -0.4 is 14.8 Å². The maximum Gasteiger partial charge on any atom is 0.266 e. The molecule has 0 spiro atoms. The molecule has 3 rings (SSSR count). The summed E-state index contributed by atoms with van der Waals surface area (Å²) in [5.74, 6) is 0.210. The Morgan fingerprint density at radius 2 is 1.88 bits per heavy atom. The van der Waals surface area contributed by atoms with Crippen LogP contribution in [-0.4, -0.2) is 13.0 Å². The van der Waals surface area contributed by atoms with E-state index in [1.165, 1.54) is 13.2 Å². The van der Waals surface area contributed by atoms with E-state index in [0.717, 1.165) is 11.1 Å². The predicted molar refractivity (Wildman–Crippen MR) is 127 cm³/mol. The molecule has 1 N–H and O–H groups in total. The molecule has 0 unspecified atom stereocenters. The first-order valence-electron chi connectivity index (χ1n) is 9.64. The highest BCUT2D eigenvalue weighted by atomic mass is 35.5. The predicted octanol–water partition coefficient (Wildman–Crippen LogP) is 6.44. The number of hydrogen-bond acceptors (Lipinski definition) is 4. The quantitative estimate of drug-likeness (QED) is 0.321. The lowest BCUT2D eigenvalue weighted by Crippen LogP contribution is -2.13. The molecule has 3 aromatic carbocycles. The number of anilines is 1. The molecule has 5 nitrogen and oxygen atoms in total. The van der Waals surface area contributed by atoms with Gasteiger partial charge in [-0.1, -0.05) is 59.1 Å². The zero-order valence-corrected chi connectivity index (χ0v) is 19.0. The Balaban J connectivity index is 1.81. The fraction of sp³-hybridized carbons (Fsp3) is 0.120. The highest BCUT2D eigenvalue weighted by molar-refractivity contribution is 6.32. The Labute approximate surface area is 196 Å². The molecule has 0 atom stereocenters. The van der Waals surface area contributed by atoms with Gasteiger partial charge >= 0.3 is 0 Å². The SMILES string of the molecule is COc1cc(/C=C(\C#N)C(=O)Nc2cccc(Cl)c2)cc(Cl)c1OCc1ccc(C)cc1. The van der Waals surface area contributed by atoms with Crippen molar-refractivity contribution in [2.24, 2.45) is 0 Å². The fourth-order valence-corrected chi connectivity index (χ4v) is 3.35. The molecule has 32 heavy (non-hydrogen) atoms. The van der Waals surface area contributed by atoms with Crippen LogP contribution in [0.3, 0.4) is 0 Å². The van der Waals surface area contributed by atoms with Crippen LogP contribution in [0.5, 0.6) is 11.5 Å². The second kappa shape index (κ2) is 10.7. The van der Waals surface area contributed by atoms with Crippen molar-refractivity contribution in [2.45, 2.75) is 13.5 Å². The smallest absolute Gasteiger partial charge is 0.266 e. The van der Waals surface area contributed by atoms with E-state index >= 15 is 0 Å². The number of ether oxygens (including phenoxy) is 2. The lowest BCUT2D eigenvalue weighted by Gasteiger charge is -2.14. The van der Waals surface area contributed by atoms with Gasteiger partial charge in [0.1, 0.15) is 18.2 Å². The minimum Gasteiger partial charge on any atom is -0.493 e. The Morgan fingerprint density at radius 1 is 1.12 bits per heavy atom. The van der Waals surface area contributed by atoms with Gasteiger partial charge in [-0.05, 0) is 54.5 Å². The summed E-state index contributed by atoms with van der Waals surface area (Å²) in [5.41, 5.74) is 3.05. The molecule has 0 aromatic heterocycles. The number of carbonyl (C=O) groups is 1. The maximum atomic E-state index is 12.5. The molecule has 3 aromatic rings. The average molecular weight is 467 g/mol. The Bertz CT molecular complexity index is 1200. The van der Waals surface area contributed by atoms with Gasteiger partial charge in [0.05, 0.1) is 12.1 Å². The normalized spacial score (nSPS) is 10.9. The number of benzene rings is 3. The molecule has 0 aliphatic carbocycles.